The predicted octanol–water partition coefficient (Wildman–Crippen LogP) is 7.04. The third-order valence-electron chi connectivity index (χ3n) is 7.49. The van der Waals surface area contributed by atoms with Gasteiger partial charge in [-0.05, 0) is 62.8 Å². The SMILES string of the molecule is C=CC(=O)N1C[C@@H](C)N(c2onc(-c3c(Cl)cc(Cl)cc3Cl)c2C(=O)n2ccc3c(/C=C/C(=O)O)cccc32)CC1(C)C. The van der Waals surface area contributed by atoms with E-state index in [-0.39, 0.29) is 44.7 Å². The van der Waals surface area contributed by atoms with E-state index in [9.17, 15) is 14.4 Å². The Kier molecular flexibility index (Phi) is 8.17. The average Bonchev–Trinajstić information content (AvgIpc) is 3.57. The zero-order valence-electron chi connectivity index (χ0n) is 23.5. The van der Waals surface area contributed by atoms with Crippen LogP contribution >= 0.6 is 34.8 Å². The Morgan fingerprint density at radius 1 is 1.14 bits per heavy atom. The van der Waals surface area contributed by atoms with Crippen LogP contribution < -0.4 is 4.90 Å². The molecule has 0 unspecified atom stereocenters. The van der Waals surface area contributed by atoms with E-state index in [0.29, 0.717) is 34.6 Å². The van der Waals surface area contributed by atoms with Crippen molar-refractivity contribution < 1.29 is 24.0 Å². The smallest absolute Gasteiger partial charge is 0.328 e. The molecule has 0 spiro atoms. The molecule has 1 saturated heterocycles. The Morgan fingerprint density at radius 3 is 2.49 bits per heavy atom. The number of carbonyl (C=O) groups excluding carboxylic acids is 2. The van der Waals surface area contributed by atoms with Crippen molar-refractivity contribution in [3.8, 4) is 11.3 Å². The summed E-state index contributed by atoms with van der Waals surface area (Å²) in [5.41, 5.74) is 1.04. The van der Waals surface area contributed by atoms with Crippen molar-refractivity contribution in [3.63, 3.8) is 0 Å². The number of halogens is 3. The first-order valence-electron chi connectivity index (χ1n) is 13.2. The van der Waals surface area contributed by atoms with Gasteiger partial charge < -0.3 is 19.4 Å². The minimum atomic E-state index is -1.09. The molecule has 0 bridgehead atoms. The third kappa shape index (κ3) is 5.56. The lowest BCUT2D eigenvalue weighted by molar-refractivity contribution is -0.133. The van der Waals surface area contributed by atoms with Gasteiger partial charge in [-0.1, -0.05) is 58.7 Å². The fourth-order valence-electron chi connectivity index (χ4n) is 5.44. The molecule has 1 aliphatic rings. The zero-order valence-corrected chi connectivity index (χ0v) is 25.7. The summed E-state index contributed by atoms with van der Waals surface area (Å²) < 4.78 is 7.37. The minimum Gasteiger partial charge on any atom is -0.478 e. The van der Waals surface area contributed by atoms with Gasteiger partial charge in [-0.15, -0.1) is 0 Å². The molecule has 9 nitrogen and oxygen atoms in total. The Balaban J connectivity index is 1.70. The molecule has 3 heterocycles. The van der Waals surface area contributed by atoms with Crippen LogP contribution in [0.15, 0.2) is 65.8 Å². The summed E-state index contributed by atoms with van der Waals surface area (Å²) in [7, 11) is 0. The minimum absolute atomic E-state index is 0.112. The van der Waals surface area contributed by atoms with Crippen molar-refractivity contribution in [3.05, 3.63) is 87.5 Å². The zero-order chi connectivity index (χ0) is 31.2. The molecule has 0 aliphatic carbocycles. The molecule has 5 rings (SSSR count). The number of benzene rings is 2. The highest BCUT2D eigenvalue weighted by Crippen LogP contribution is 2.43. The second-order valence-corrected chi connectivity index (χ2v) is 12.1. The van der Waals surface area contributed by atoms with Gasteiger partial charge in [0, 0.05) is 47.4 Å². The Bertz CT molecular complexity index is 1800. The number of carboxylic acid groups (broad SMARTS) is 1. The maximum Gasteiger partial charge on any atom is 0.328 e. The van der Waals surface area contributed by atoms with Gasteiger partial charge in [0.25, 0.3) is 5.91 Å². The molecular weight excluding hydrogens is 615 g/mol. The van der Waals surface area contributed by atoms with Gasteiger partial charge in [0.05, 0.1) is 21.1 Å². The van der Waals surface area contributed by atoms with Crippen molar-refractivity contribution in [1.82, 2.24) is 14.6 Å². The van der Waals surface area contributed by atoms with Crippen LogP contribution in [-0.4, -0.2) is 62.2 Å². The molecule has 1 amide bonds. The molecule has 43 heavy (non-hydrogen) atoms. The van der Waals surface area contributed by atoms with E-state index in [1.807, 2.05) is 25.7 Å². The van der Waals surface area contributed by atoms with Crippen molar-refractivity contribution >= 4 is 75.4 Å². The summed E-state index contributed by atoms with van der Waals surface area (Å²) >= 11 is 19.4. The number of amides is 1. The average molecular weight is 642 g/mol. The van der Waals surface area contributed by atoms with Gasteiger partial charge in [0.1, 0.15) is 11.3 Å². The molecule has 0 saturated carbocycles. The molecule has 1 aliphatic heterocycles. The molecular formula is C31H27Cl3N4O5. The standard InChI is InChI=1S/C31H27Cl3N4O5/c1-5-24(39)38-15-17(2)37(16-31(38,3)4)30-27(28(35-43-30)26-21(33)13-19(32)14-22(26)34)29(42)36-12-11-20-18(9-10-25(40)41)7-6-8-23(20)36/h5-14,17H,1,15-16H2,2-4H3,(H,40,41)/b10-9+/t17-/m1/s1. The molecule has 0 radical (unpaired) electrons. The van der Waals surface area contributed by atoms with Crippen LogP contribution in [0.1, 0.15) is 36.7 Å². The van der Waals surface area contributed by atoms with E-state index < -0.39 is 17.4 Å². The van der Waals surface area contributed by atoms with E-state index in [0.717, 1.165) is 6.08 Å². The van der Waals surface area contributed by atoms with Crippen LogP contribution in [0.25, 0.3) is 28.2 Å². The number of rotatable bonds is 6. The maximum absolute atomic E-state index is 14.5. The van der Waals surface area contributed by atoms with Crippen LogP contribution in [0.2, 0.25) is 15.1 Å². The van der Waals surface area contributed by atoms with Gasteiger partial charge in [0.2, 0.25) is 11.8 Å². The monoisotopic (exact) mass is 640 g/mol. The van der Waals surface area contributed by atoms with Crippen LogP contribution in [0.3, 0.4) is 0 Å². The van der Waals surface area contributed by atoms with Crippen molar-refractivity contribution in [1.29, 1.82) is 0 Å². The first-order chi connectivity index (χ1) is 20.3. The van der Waals surface area contributed by atoms with E-state index in [2.05, 4.69) is 11.7 Å². The van der Waals surface area contributed by atoms with Crippen LogP contribution in [0.4, 0.5) is 5.88 Å². The summed E-state index contributed by atoms with van der Waals surface area (Å²) in [4.78, 5) is 42.0. The molecule has 1 atom stereocenters. The molecule has 222 valence electrons. The normalized spacial score (nSPS) is 16.7. The summed E-state index contributed by atoms with van der Waals surface area (Å²) in [6.07, 6.45) is 5.39. The van der Waals surface area contributed by atoms with Crippen LogP contribution in [-0.2, 0) is 9.59 Å². The topological polar surface area (TPSA) is 109 Å². The van der Waals surface area contributed by atoms with E-state index >= 15 is 0 Å². The van der Waals surface area contributed by atoms with Crippen molar-refractivity contribution in [2.75, 3.05) is 18.0 Å². The fraction of sp³-hybridized carbons (Fsp3) is 0.226. The number of fused-ring (bicyclic) bond motifs is 1. The number of nitrogens with zero attached hydrogens (tertiary/aromatic N) is 4. The van der Waals surface area contributed by atoms with Gasteiger partial charge in [-0.2, -0.15) is 0 Å². The van der Waals surface area contributed by atoms with Gasteiger partial charge in [-0.3, -0.25) is 14.2 Å². The summed E-state index contributed by atoms with van der Waals surface area (Å²) in [5, 5.41) is 14.8. The Morgan fingerprint density at radius 2 is 1.84 bits per heavy atom. The number of aliphatic carboxylic acids is 1. The number of hydrogen-bond donors (Lipinski definition) is 1. The van der Waals surface area contributed by atoms with Crippen LogP contribution in [0.5, 0.6) is 0 Å². The molecule has 1 N–H and O–H groups in total. The maximum atomic E-state index is 14.5. The second-order valence-electron chi connectivity index (χ2n) is 10.8. The number of piperazine rings is 1. The Labute approximate surface area is 262 Å². The molecule has 2 aromatic heterocycles. The fourth-order valence-corrected chi connectivity index (χ4v) is 6.44. The Hall–Kier alpha value is -4.05. The first kappa shape index (κ1) is 30.4. The largest absolute Gasteiger partial charge is 0.478 e. The lowest BCUT2D eigenvalue weighted by atomic mass is 9.95. The number of carbonyl (C=O) groups is 3. The number of carboxylic acids is 1. The van der Waals surface area contributed by atoms with E-state index in [1.165, 1.54) is 28.9 Å². The van der Waals surface area contributed by atoms with Gasteiger partial charge in [-0.25, -0.2) is 4.79 Å². The third-order valence-corrected chi connectivity index (χ3v) is 8.31. The van der Waals surface area contributed by atoms with Crippen molar-refractivity contribution in [2.45, 2.75) is 32.4 Å². The van der Waals surface area contributed by atoms with Gasteiger partial charge in [0.15, 0.2) is 0 Å². The molecule has 2 aromatic carbocycles. The summed E-state index contributed by atoms with van der Waals surface area (Å²) in [5.74, 6) is -1.57. The molecule has 1 fully saturated rings. The van der Waals surface area contributed by atoms with Crippen molar-refractivity contribution in [2.24, 2.45) is 0 Å². The predicted molar refractivity (Wildman–Crippen MR) is 168 cm³/mol. The number of aromatic nitrogens is 2. The lowest BCUT2D eigenvalue weighted by Gasteiger charge is -2.49. The molecule has 4 aromatic rings. The first-order valence-corrected chi connectivity index (χ1v) is 14.4. The molecule has 12 heteroatoms. The highest BCUT2D eigenvalue weighted by Gasteiger charge is 2.43. The second kappa shape index (κ2) is 11.6. The number of hydrogen-bond acceptors (Lipinski definition) is 6. The summed E-state index contributed by atoms with van der Waals surface area (Å²) in [6.45, 7) is 10.1. The lowest BCUT2D eigenvalue weighted by Crippen LogP contribution is -2.64. The van der Waals surface area contributed by atoms with E-state index in [4.69, 9.17) is 44.4 Å². The van der Waals surface area contributed by atoms with Crippen LogP contribution in [0, 0.1) is 0 Å². The highest BCUT2D eigenvalue weighted by atomic mass is 35.5. The van der Waals surface area contributed by atoms with Gasteiger partial charge >= 0.3 is 5.97 Å². The highest BCUT2D eigenvalue weighted by molar-refractivity contribution is 6.42. The quantitative estimate of drug-likeness (QED) is 0.225. The summed E-state index contributed by atoms with van der Waals surface area (Å²) in [6, 6.07) is 9.72. The van der Waals surface area contributed by atoms with E-state index in [1.54, 1.807) is 35.4 Å². The number of anilines is 1.